The monoisotopic (exact) mass is 488 g/mol. The first-order valence-corrected chi connectivity index (χ1v) is 10.3. The van der Waals surface area contributed by atoms with Crippen LogP contribution in [0.5, 0.6) is 0 Å². The van der Waals surface area contributed by atoms with Gasteiger partial charge in [-0.15, -0.1) is 0 Å². The SMILES string of the molecule is COC(=O)c1cc(NC(=O)c2ccccc2)c(=O)oc1CC=NOCc1ccc(Cl)c(Cl)c1. The fraction of sp³-hybridized carbons (Fsp3) is 0.130. The van der Waals surface area contributed by atoms with Crippen LogP contribution in [0.15, 0.2) is 69.0 Å². The highest BCUT2D eigenvalue weighted by atomic mass is 35.5. The number of anilines is 1. The van der Waals surface area contributed by atoms with Crippen LogP contribution in [-0.4, -0.2) is 25.2 Å². The molecule has 1 N–H and O–H groups in total. The molecule has 0 aliphatic heterocycles. The summed E-state index contributed by atoms with van der Waals surface area (Å²) in [6.45, 7) is 0.131. The van der Waals surface area contributed by atoms with E-state index in [1.54, 1.807) is 48.5 Å². The molecular formula is C23H18Cl2N2O6. The molecule has 33 heavy (non-hydrogen) atoms. The summed E-state index contributed by atoms with van der Waals surface area (Å²) in [6, 6.07) is 14.5. The van der Waals surface area contributed by atoms with Gasteiger partial charge in [-0.3, -0.25) is 4.79 Å². The number of ether oxygens (including phenoxy) is 1. The minimum Gasteiger partial charge on any atom is -0.465 e. The lowest BCUT2D eigenvalue weighted by atomic mass is 10.1. The number of esters is 1. The summed E-state index contributed by atoms with van der Waals surface area (Å²) in [7, 11) is 1.19. The number of methoxy groups -OCH3 is 1. The molecule has 0 aliphatic carbocycles. The van der Waals surface area contributed by atoms with Crippen molar-refractivity contribution in [1.82, 2.24) is 0 Å². The number of halogens is 2. The summed E-state index contributed by atoms with van der Waals surface area (Å²) in [4.78, 5) is 42.1. The minimum absolute atomic E-state index is 0.00597. The molecule has 2 aromatic carbocycles. The molecule has 0 atom stereocenters. The average molecular weight is 489 g/mol. The van der Waals surface area contributed by atoms with E-state index in [1.165, 1.54) is 19.4 Å². The number of amides is 1. The van der Waals surface area contributed by atoms with E-state index in [-0.39, 0.29) is 30.0 Å². The van der Waals surface area contributed by atoms with Crippen molar-refractivity contribution in [2.24, 2.45) is 5.16 Å². The van der Waals surface area contributed by atoms with Crippen LogP contribution in [0.25, 0.3) is 0 Å². The van der Waals surface area contributed by atoms with Crippen LogP contribution in [0.4, 0.5) is 5.69 Å². The molecular weight excluding hydrogens is 471 g/mol. The number of benzene rings is 2. The largest absolute Gasteiger partial charge is 0.465 e. The van der Waals surface area contributed by atoms with E-state index in [1.807, 2.05) is 0 Å². The summed E-state index contributed by atoms with van der Waals surface area (Å²) < 4.78 is 10.00. The van der Waals surface area contributed by atoms with Crippen molar-refractivity contribution in [1.29, 1.82) is 0 Å². The molecule has 0 aliphatic rings. The molecule has 170 valence electrons. The van der Waals surface area contributed by atoms with Gasteiger partial charge in [0.05, 0.1) is 23.4 Å². The van der Waals surface area contributed by atoms with Crippen LogP contribution in [0, 0.1) is 0 Å². The third-order valence-corrected chi connectivity index (χ3v) is 5.09. The van der Waals surface area contributed by atoms with Crippen LogP contribution < -0.4 is 10.9 Å². The van der Waals surface area contributed by atoms with E-state index in [0.717, 1.165) is 5.56 Å². The number of carbonyl (C=O) groups is 2. The topological polar surface area (TPSA) is 107 Å². The minimum atomic E-state index is -0.827. The predicted molar refractivity (Wildman–Crippen MR) is 124 cm³/mol. The van der Waals surface area contributed by atoms with Gasteiger partial charge in [0.2, 0.25) is 0 Å². The second kappa shape index (κ2) is 11.3. The van der Waals surface area contributed by atoms with Crippen molar-refractivity contribution >= 4 is 47.0 Å². The van der Waals surface area contributed by atoms with Gasteiger partial charge in [0.1, 0.15) is 23.6 Å². The quantitative estimate of drug-likeness (QED) is 0.279. The normalized spacial score (nSPS) is 10.8. The van der Waals surface area contributed by atoms with Crippen LogP contribution in [0.3, 0.4) is 0 Å². The number of nitrogens with zero attached hydrogens (tertiary/aromatic N) is 1. The molecule has 0 bridgehead atoms. The molecule has 3 rings (SSSR count). The summed E-state index contributed by atoms with van der Waals surface area (Å²) >= 11 is 11.8. The first-order chi connectivity index (χ1) is 15.9. The molecule has 0 saturated carbocycles. The number of rotatable bonds is 8. The molecule has 3 aromatic rings. The Morgan fingerprint density at radius 3 is 2.55 bits per heavy atom. The maximum absolute atomic E-state index is 12.4. The average Bonchev–Trinajstić information content (AvgIpc) is 2.82. The fourth-order valence-corrected chi connectivity index (χ4v) is 3.05. The lowest BCUT2D eigenvalue weighted by Crippen LogP contribution is -2.20. The second-order valence-electron chi connectivity index (χ2n) is 6.61. The molecule has 0 radical (unpaired) electrons. The molecule has 1 aromatic heterocycles. The first kappa shape index (κ1) is 24.0. The number of nitrogens with one attached hydrogen (secondary N) is 1. The number of carbonyl (C=O) groups excluding carboxylic acids is 2. The number of hydrogen-bond acceptors (Lipinski definition) is 7. The van der Waals surface area contributed by atoms with Crippen molar-refractivity contribution in [2.75, 3.05) is 12.4 Å². The number of hydrogen-bond donors (Lipinski definition) is 1. The highest BCUT2D eigenvalue weighted by Crippen LogP contribution is 2.23. The lowest BCUT2D eigenvalue weighted by molar-refractivity contribution is 0.0595. The maximum atomic E-state index is 12.4. The van der Waals surface area contributed by atoms with Crippen molar-refractivity contribution in [3.05, 3.63) is 97.5 Å². The molecule has 0 saturated heterocycles. The second-order valence-corrected chi connectivity index (χ2v) is 7.42. The molecule has 10 heteroatoms. The Hall–Kier alpha value is -3.62. The zero-order valence-electron chi connectivity index (χ0n) is 17.3. The maximum Gasteiger partial charge on any atom is 0.359 e. The van der Waals surface area contributed by atoms with E-state index in [2.05, 4.69) is 10.5 Å². The summed E-state index contributed by atoms with van der Waals surface area (Å²) in [5.41, 5.74) is 0.0398. The smallest absolute Gasteiger partial charge is 0.359 e. The Labute approximate surface area is 198 Å². The molecule has 0 fully saturated rings. The first-order valence-electron chi connectivity index (χ1n) is 9.58. The van der Waals surface area contributed by atoms with Crippen LogP contribution in [0.2, 0.25) is 10.0 Å². The number of oxime groups is 1. The van der Waals surface area contributed by atoms with Crippen molar-refractivity contribution in [3.8, 4) is 0 Å². The van der Waals surface area contributed by atoms with Gasteiger partial charge < -0.3 is 19.3 Å². The highest BCUT2D eigenvalue weighted by molar-refractivity contribution is 6.42. The van der Waals surface area contributed by atoms with Gasteiger partial charge in [-0.25, -0.2) is 9.59 Å². The third-order valence-electron chi connectivity index (χ3n) is 4.36. The van der Waals surface area contributed by atoms with E-state index in [4.69, 9.17) is 37.2 Å². The Kier molecular flexibility index (Phi) is 8.23. The van der Waals surface area contributed by atoms with Gasteiger partial charge in [0, 0.05) is 12.0 Å². The van der Waals surface area contributed by atoms with E-state index < -0.39 is 17.5 Å². The Bertz CT molecular complexity index is 1240. The van der Waals surface area contributed by atoms with Gasteiger partial charge in [-0.2, -0.15) is 0 Å². The van der Waals surface area contributed by atoms with Gasteiger partial charge >= 0.3 is 11.6 Å². The highest BCUT2D eigenvalue weighted by Gasteiger charge is 2.19. The van der Waals surface area contributed by atoms with Crippen LogP contribution in [0.1, 0.15) is 32.0 Å². The summed E-state index contributed by atoms with van der Waals surface area (Å²) in [5.74, 6) is -1.26. The van der Waals surface area contributed by atoms with E-state index >= 15 is 0 Å². The molecule has 1 heterocycles. The van der Waals surface area contributed by atoms with Crippen molar-refractivity contribution in [2.45, 2.75) is 13.0 Å². The van der Waals surface area contributed by atoms with Crippen LogP contribution >= 0.6 is 23.2 Å². The lowest BCUT2D eigenvalue weighted by Gasteiger charge is -2.08. The molecule has 1 amide bonds. The molecule has 8 nitrogen and oxygen atoms in total. The zero-order valence-corrected chi connectivity index (χ0v) is 18.9. The summed E-state index contributed by atoms with van der Waals surface area (Å²) in [6.07, 6.45) is 1.29. The van der Waals surface area contributed by atoms with Gasteiger partial charge in [0.15, 0.2) is 0 Å². The van der Waals surface area contributed by atoms with Gasteiger partial charge in [0.25, 0.3) is 5.91 Å². The van der Waals surface area contributed by atoms with Gasteiger partial charge in [-0.05, 0) is 35.9 Å². The van der Waals surface area contributed by atoms with E-state index in [9.17, 15) is 14.4 Å². The van der Waals surface area contributed by atoms with Gasteiger partial charge in [-0.1, -0.05) is 52.6 Å². The molecule has 0 unspecified atom stereocenters. The standard InChI is InChI=1S/C23H18Cl2N2O6/c1-31-22(29)16-12-19(27-21(28)15-5-3-2-4-6-15)23(30)33-20(16)9-10-26-32-13-14-7-8-17(24)18(25)11-14/h2-8,10-12H,9,13H2,1H3,(H,27,28). The Balaban J connectivity index is 1.71. The Morgan fingerprint density at radius 1 is 1.09 bits per heavy atom. The van der Waals surface area contributed by atoms with Crippen LogP contribution in [-0.2, 0) is 22.6 Å². The zero-order chi connectivity index (χ0) is 23.8. The Morgan fingerprint density at radius 2 is 1.85 bits per heavy atom. The summed E-state index contributed by atoms with van der Waals surface area (Å²) in [5, 5.41) is 7.06. The third kappa shape index (κ3) is 6.44. The van der Waals surface area contributed by atoms with Crippen molar-refractivity contribution in [3.63, 3.8) is 0 Å². The van der Waals surface area contributed by atoms with Crippen molar-refractivity contribution < 1.29 is 23.6 Å². The fourth-order valence-electron chi connectivity index (χ4n) is 2.73. The predicted octanol–water partition coefficient (Wildman–Crippen LogP) is 4.73. The molecule has 0 spiro atoms. The van der Waals surface area contributed by atoms with E-state index in [0.29, 0.717) is 15.6 Å².